The number of thioether (sulfide) groups is 1. The molecule has 4 nitrogen and oxygen atoms in total. The number of hydrogen-bond donors (Lipinski definition) is 1. The molecule has 2 rings (SSSR count). The van der Waals surface area contributed by atoms with E-state index < -0.39 is 18.6 Å². The van der Waals surface area contributed by atoms with Gasteiger partial charge in [-0.2, -0.15) is 30.0 Å². The Bertz CT molecular complexity index is 565. The lowest BCUT2D eigenvalue weighted by Gasteiger charge is -2.24. The number of carbonyl (C=O) groups excluding carboxylic acids is 1. The van der Waals surface area contributed by atoms with Gasteiger partial charge in [-0.05, 0) is 39.4 Å². The number of halogens is 3. The van der Waals surface area contributed by atoms with Crippen molar-refractivity contribution in [2.24, 2.45) is 0 Å². The standard InChI is InChI=1S/C15H22F3N3OS/c1-9(14(22)19-12-5-4-6-23-7-12)13-10(2)20-21(11(13)3)8-15(16,17)18/h9,12H,4-8H2,1-3H3,(H,19,22). The molecule has 1 aromatic rings. The fourth-order valence-corrected chi connectivity index (χ4v) is 4.05. The van der Waals surface area contributed by atoms with Crippen LogP contribution >= 0.6 is 11.8 Å². The summed E-state index contributed by atoms with van der Waals surface area (Å²) in [5.74, 6) is 1.35. The van der Waals surface area contributed by atoms with Crippen molar-refractivity contribution in [3.8, 4) is 0 Å². The van der Waals surface area contributed by atoms with Gasteiger partial charge in [0.15, 0.2) is 0 Å². The zero-order valence-electron chi connectivity index (χ0n) is 13.5. The molecule has 0 aromatic carbocycles. The number of hydrogen-bond acceptors (Lipinski definition) is 3. The minimum Gasteiger partial charge on any atom is -0.352 e. The summed E-state index contributed by atoms with van der Waals surface area (Å²) in [5, 5.41) is 6.97. The number of rotatable bonds is 4. The Kier molecular flexibility index (Phi) is 5.65. The lowest BCUT2D eigenvalue weighted by Crippen LogP contribution is -2.40. The maximum Gasteiger partial charge on any atom is 0.408 e. The van der Waals surface area contributed by atoms with Gasteiger partial charge in [-0.25, -0.2) is 0 Å². The van der Waals surface area contributed by atoms with Crippen LogP contribution in [-0.2, 0) is 11.3 Å². The van der Waals surface area contributed by atoms with E-state index in [1.807, 2.05) is 11.8 Å². The van der Waals surface area contributed by atoms with Gasteiger partial charge in [0, 0.05) is 23.1 Å². The number of aryl methyl sites for hydroxylation is 1. The van der Waals surface area contributed by atoms with Gasteiger partial charge in [-0.1, -0.05) is 0 Å². The van der Waals surface area contributed by atoms with Crippen LogP contribution in [0.15, 0.2) is 0 Å². The fraction of sp³-hybridized carbons (Fsp3) is 0.733. The highest BCUT2D eigenvalue weighted by atomic mass is 32.2. The van der Waals surface area contributed by atoms with Gasteiger partial charge in [-0.3, -0.25) is 9.48 Å². The minimum absolute atomic E-state index is 0.143. The molecular formula is C15H22F3N3OS. The predicted molar refractivity (Wildman–Crippen MR) is 84.7 cm³/mol. The third-order valence-electron chi connectivity index (χ3n) is 4.10. The second-order valence-electron chi connectivity index (χ2n) is 6.00. The molecule has 1 fully saturated rings. The van der Waals surface area contributed by atoms with E-state index >= 15 is 0 Å². The van der Waals surface area contributed by atoms with Crippen LogP contribution in [0.25, 0.3) is 0 Å². The molecule has 2 heterocycles. The molecule has 1 amide bonds. The van der Waals surface area contributed by atoms with Crippen molar-refractivity contribution in [1.82, 2.24) is 15.1 Å². The number of carbonyl (C=O) groups is 1. The first-order valence-electron chi connectivity index (χ1n) is 7.68. The van der Waals surface area contributed by atoms with Crippen molar-refractivity contribution in [3.63, 3.8) is 0 Å². The van der Waals surface area contributed by atoms with Gasteiger partial charge in [-0.15, -0.1) is 0 Å². The summed E-state index contributed by atoms with van der Waals surface area (Å²) in [6.07, 6.45) is -2.30. The molecule has 0 bridgehead atoms. The van der Waals surface area contributed by atoms with Crippen molar-refractivity contribution in [2.45, 2.75) is 58.3 Å². The van der Waals surface area contributed by atoms with E-state index in [1.165, 1.54) is 0 Å². The average molecular weight is 349 g/mol. The monoisotopic (exact) mass is 349 g/mol. The van der Waals surface area contributed by atoms with Crippen LogP contribution in [-0.4, -0.2) is 39.4 Å². The fourth-order valence-electron chi connectivity index (χ4n) is 2.97. The zero-order valence-corrected chi connectivity index (χ0v) is 14.4. The molecule has 8 heteroatoms. The van der Waals surface area contributed by atoms with E-state index in [0.717, 1.165) is 29.0 Å². The number of nitrogens with one attached hydrogen (secondary N) is 1. The summed E-state index contributed by atoms with van der Waals surface area (Å²) in [6.45, 7) is 3.82. The van der Waals surface area contributed by atoms with E-state index in [2.05, 4.69) is 10.4 Å². The molecule has 0 spiro atoms. The van der Waals surface area contributed by atoms with Crippen LogP contribution in [0, 0.1) is 13.8 Å². The number of nitrogens with zero attached hydrogens (tertiary/aromatic N) is 2. The number of aromatic nitrogens is 2. The van der Waals surface area contributed by atoms with Crippen molar-refractivity contribution < 1.29 is 18.0 Å². The molecule has 0 aliphatic carbocycles. The summed E-state index contributed by atoms with van der Waals surface area (Å²) >= 11 is 1.81. The SMILES string of the molecule is Cc1nn(CC(F)(F)F)c(C)c1C(C)C(=O)NC1CCCSC1. The molecule has 2 unspecified atom stereocenters. The Morgan fingerprint density at radius 2 is 2.17 bits per heavy atom. The Morgan fingerprint density at radius 1 is 1.48 bits per heavy atom. The predicted octanol–water partition coefficient (Wildman–Crippen LogP) is 3.18. The molecular weight excluding hydrogens is 327 g/mol. The first kappa shape index (κ1) is 18.2. The zero-order chi connectivity index (χ0) is 17.2. The highest BCUT2D eigenvalue weighted by Gasteiger charge is 2.32. The van der Waals surface area contributed by atoms with Gasteiger partial charge >= 0.3 is 6.18 Å². The molecule has 1 saturated heterocycles. The molecule has 2 atom stereocenters. The number of alkyl halides is 3. The molecule has 1 aliphatic heterocycles. The van der Waals surface area contributed by atoms with E-state index in [1.54, 1.807) is 20.8 Å². The van der Waals surface area contributed by atoms with E-state index in [-0.39, 0.29) is 11.9 Å². The lowest BCUT2D eigenvalue weighted by atomic mass is 9.97. The smallest absolute Gasteiger partial charge is 0.352 e. The van der Waals surface area contributed by atoms with Gasteiger partial charge in [0.1, 0.15) is 6.54 Å². The largest absolute Gasteiger partial charge is 0.408 e. The third kappa shape index (κ3) is 4.65. The molecule has 0 radical (unpaired) electrons. The Balaban J connectivity index is 2.11. The van der Waals surface area contributed by atoms with E-state index in [9.17, 15) is 18.0 Å². The van der Waals surface area contributed by atoms with E-state index in [0.29, 0.717) is 17.0 Å². The average Bonchev–Trinajstić information content (AvgIpc) is 2.71. The van der Waals surface area contributed by atoms with Crippen LogP contribution in [0.1, 0.15) is 42.6 Å². The summed E-state index contributed by atoms with van der Waals surface area (Å²) < 4.78 is 38.7. The highest BCUT2D eigenvalue weighted by Crippen LogP contribution is 2.27. The Morgan fingerprint density at radius 3 is 2.74 bits per heavy atom. The van der Waals surface area contributed by atoms with Crippen LogP contribution in [0.4, 0.5) is 13.2 Å². The van der Waals surface area contributed by atoms with Gasteiger partial charge < -0.3 is 5.32 Å². The minimum atomic E-state index is -4.33. The molecule has 23 heavy (non-hydrogen) atoms. The van der Waals surface area contributed by atoms with E-state index in [4.69, 9.17) is 0 Å². The normalized spacial score (nSPS) is 20.3. The molecule has 0 saturated carbocycles. The van der Waals surface area contributed by atoms with Crippen LogP contribution in [0.2, 0.25) is 0 Å². The summed E-state index contributed by atoms with van der Waals surface area (Å²) in [7, 11) is 0. The van der Waals surface area contributed by atoms with Gasteiger partial charge in [0.05, 0.1) is 11.6 Å². The van der Waals surface area contributed by atoms with Crippen molar-refractivity contribution in [3.05, 3.63) is 17.0 Å². The van der Waals surface area contributed by atoms with Crippen LogP contribution < -0.4 is 5.32 Å². The second kappa shape index (κ2) is 7.15. The third-order valence-corrected chi connectivity index (χ3v) is 5.31. The molecule has 1 N–H and O–H groups in total. The maximum absolute atomic E-state index is 12.6. The first-order chi connectivity index (χ1) is 10.7. The number of amides is 1. The second-order valence-corrected chi connectivity index (χ2v) is 7.15. The summed E-state index contributed by atoms with van der Waals surface area (Å²) in [6, 6.07) is 0.148. The Labute approximate surface area is 138 Å². The van der Waals surface area contributed by atoms with Crippen LogP contribution in [0.3, 0.4) is 0 Å². The maximum atomic E-state index is 12.6. The molecule has 130 valence electrons. The van der Waals surface area contributed by atoms with Gasteiger partial charge in [0.2, 0.25) is 5.91 Å². The quantitative estimate of drug-likeness (QED) is 0.908. The molecule has 1 aliphatic rings. The Hall–Kier alpha value is -1.18. The topological polar surface area (TPSA) is 46.9 Å². The first-order valence-corrected chi connectivity index (χ1v) is 8.83. The summed E-state index contributed by atoms with van der Waals surface area (Å²) in [5.41, 5.74) is 1.48. The van der Waals surface area contributed by atoms with Crippen molar-refractivity contribution >= 4 is 17.7 Å². The van der Waals surface area contributed by atoms with Crippen molar-refractivity contribution in [1.29, 1.82) is 0 Å². The van der Waals surface area contributed by atoms with Crippen LogP contribution in [0.5, 0.6) is 0 Å². The lowest BCUT2D eigenvalue weighted by molar-refractivity contribution is -0.143. The highest BCUT2D eigenvalue weighted by molar-refractivity contribution is 7.99. The molecule has 1 aromatic heterocycles. The summed E-state index contributed by atoms with van der Waals surface area (Å²) in [4.78, 5) is 12.4. The van der Waals surface area contributed by atoms with Gasteiger partial charge in [0.25, 0.3) is 0 Å². The van der Waals surface area contributed by atoms with Crippen molar-refractivity contribution in [2.75, 3.05) is 11.5 Å².